The van der Waals surface area contributed by atoms with Crippen molar-refractivity contribution in [3.63, 3.8) is 0 Å². The van der Waals surface area contributed by atoms with Gasteiger partial charge in [-0.15, -0.1) is 0 Å². The van der Waals surface area contributed by atoms with Gasteiger partial charge >= 0.3 is 15.2 Å². The number of thiol groups is 1. The third-order valence-electron chi connectivity index (χ3n) is 2.48. The van der Waals surface area contributed by atoms with E-state index in [-0.39, 0.29) is 17.0 Å². The molecule has 106 valence electrons. The van der Waals surface area contributed by atoms with Crippen molar-refractivity contribution in [2.75, 3.05) is 6.54 Å². The van der Waals surface area contributed by atoms with Crippen molar-refractivity contribution in [1.29, 1.82) is 0 Å². The summed E-state index contributed by atoms with van der Waals surface area (Å²) in [5.74, 6) is -0.00111. The second kappa shape index (κ2) is 5.63. The summed E-state index contributed by atoms with van der Waals surface area (Å²) in [6.07, 6.45) is 0.615. The van der Waals surface area contributed by atoms with Crippen LogP contribution in [0.3, 0.4) is 0 Å². The monoisotopic (exact) mass is 318 g/mol. The molecule has 1 rings (SSSR count). The van der Waals surface area contributed by atoms with Crippen molar-refractivity contribution in [3.05, 3.63) is 0 Å². The van der Waals surface area contributed by atoms with Gasteiger partial charge in [-0.25, -0.2) is 0 Å². The molecule has 0 aromatic carbocycles. The van der Waals surface area contributed by atoms with Crippen LogP contribution in [0.15, 0.2) is 4.99 Å². The first-order valence-corrected chi connectivity index (χ1v) is 8.99. The van der Waals surface area contributed by atoms with Gasteiger partial charge in [-0.05, 0) is 6.42 Å². The second-order valence-electron chi connectivity index (χ2n) is 4.21. The molecule has 1 heterocycles. The Bertz CT molecular complexity index is 410. The molecule has 2 atom stereocenters. The quantitative estimate of drug-likeness (QED) is 0.317. The minimum absolute atomic E-state index is 0.0362. The van der Waals surface area contributed by atoms with Gasteiger partial charge in [0.15, 0.2) is 0 Å². The molecule has 8 nitrogen and oxygen atoms in total. The van der Waals surface area contributed by atoms with Gasteiger partial charge in [-0.3, -0.25) is 14.1 Å². The average Bonchev–Trinajstić information content (AvgIpc) is 2.12. The molecule has 0 saturated carbocycles. The molecule has 0 saturated heterocycles. The van der Waals surface area contributed by atoms with E-state index in [1.54, 1.807) is 6.92 Å². The van der Waals surface area contributed by atoms with Gasteiger partial charge in [0, 0.05) is 11.2 Å². The molecule has 0 aromatic heterocycles. The summed E-state index contributed by atoms with van der Waals surface area (Å²) in [5, 5.41) is 2.23. The lowest BCUT2D eigenvalue weighted by Crippen LogP contribution is -2.41. The maximum atomic E-state index is 11.1. The van der Waals surface area contributed by atoms with Crippen LogP contribution in [-0.2, 0) is 9.13 Å². The van der Waals surface area contributed by atoms with Crippen LogP contribution in [0.5, 0.6) is 0 Å². The fourth-order valence-corrected chi connectivity index (χ4v) is 4.20. The van der Waals surface area contributed by atoms with Crippen LogP contribution in [0.25, 0.3) is 0 Å². The van der Waals surface area contributed by atoms with Gasteiger partial charge in [0.25, 0.3) is 0 Å². The lowest BCUT2D eigenvalue weighted by molar-refractivity contribution is 0.334. The fourth-order valence-electron chi connectivity index (χ4n) is 1.64. The Morgan fingerprint density at radius 2 is 1.83 bits per heavy atom. The summed E-state index contributed by atoms with van der Waals surface area (Å²) in [6.45, 7) is 2.08. The standard InChI is InChI=1S/C7H16N2O6P2S/c1-4-2-5(18)3-8-6(4)9-7(16(10,11)12)17(13,14)15/h4-5,7,18H,2-3H2,1H3,(H,8,9)(H2,10,11,12)(H2,13,14,15). The lowest BCUT2D eigenvalue weighted by atomic mass is 10.0. The number of hydrogen-bond acceptors (Lipinski definition) is 5. The molecule has 0 aromatic rings. The maximum absolute atomic E-state index is 11.1. The highest BCUT2D eigenvalue weighted by atomic mass is 32.1. The van der Waals surface area contributed by atoms with E-state index in [1.807, 2.05) is 0 Å². The van der Waals surface area contributed by atoms with Crippen LogP contribution in [-0.4, -0.2) is 42.7 Å². The van der Waals surface area contributed by atoms with Crippen molar-refractivity contribution in [2.45, 2.75) is 24.1 Å². The van der Waals surface area contributed by atoms with Crippen molar-refractivity contribution in [1.82, 2.24) is 5.32 Å². The number of aliphatic imine (C=N–C) groups is 1. The second-order valence-corrected chi connectivity index (χ2v) is 8.74. The molecule has 11 heteroatoms. The van der Waals surface area contributed by atoms with Gasteiger partial charge in [0.05, 0.1) is 6.54 Å². The third-order valence-corrected chi connectivity index (χ3v) is 6.19. The first-order valence-electron chi connectivity index (χ1n) is 5.11. The van der Waals surface area contributed by atoms with Crippen LogP contribution in [0.2, 0.25) is 0 Å². The number of hydrogen-bond donors (Lipinski definition) is 6. The Hall–Kier alpha value is 0.120. The highest BCUT2D eigenvalue weighted by Crippen LogP contribution is 2.58. The first-order chi connectivity index (χ1) is 8.01. The van der Waals surface area contributed by atoms with Crippen LogP contribution in [0.4, 0.5) is 0 Å². The molecular weight excluding hydrogens is 302 g/mol. The molecule has 18 heavy (non-hydrogen) atoms. The zero-order chi connectivity index (χ0) is 14.1. The summed E-state index contributed by atoms with van der Waals surface area (Å²) in [5.41, 5.74) is -2.25. The van der Waals surface area contributed by atoms with Crippen LogP contribution in [0, 0.1) is 5.92 Å². The van der Waals surface area contributed by atoms with Crippen molar-refractivity contribution in [3.8, 4) is 0 Å². The van der Waals surface area contributed by atoms with Gasteiger partial charge in [0.1, 0.15) is 5.84 Å². The van der Waals surface area contributed by atoms with Gasteiger partial charge in [0.2, 0.25) is 5.52 Å². The van der Waals surface area contributed by atoms with Crippen molar-refractivity contribution >= 4 is 33.7 Å². The smallest absolute Gasteiger partial charge is 0.350 e. The van der Waals surface area contributed by atoms with E-state index in [2.05, 4.69) is 22.9 Å². The average molecular weight is 318 g/mol. The predicted octanol–water partition coefficient (Wildman–Crippen LogP) is -0.0483. The lowest BCUT2D eigenvalue weighted by Gasteiger charge is -2.28. The van der Waals surface area contributed by atoms with E-state index in [1.165, 1.54) is 0 Å². The molecule has 1 aliphatic heterocycles. The molecule has 2 unspecified atom stereocenters. The van der Waals surface area contributed by atoms with E-state index < -0.39 is 20.7 Å². The number of nitrogens with one attached hydrogen (secondary N) is 1. The van der Waals surface area contributed by atoms with E-state index in [4.69, 9.17) is 19.6 Å². The summed E-state index contributed by atoms with van der Waals surface area (Å²) >= 11 is 4.22. The zero-order valence-corrected chi connectivity index (χ0v) is 12.2. The highest BCUT2D eigenvalue weighted by Gasteiger charge is 2.44. The number of amidine groups is 1. The molecule has 0 radical (unpaired) electrons. The molecular formula is C7H16N2O6P2S. The van der Waals surface area contributed by atoms with Gasteiger partial charge in [-0.2, -0.15) is 12.6 Å². The Morgan fingerprint density at radius 3 is 2.22 bits per heavy atom. The Morgan fingerprint density at radius 1 is 1.33 bits per heavy atom. The molecule has 0 fully saturated rings. The number of rotatable bonds is 3. The van der Waals surface area contributed by atoms with E-state index in [0.29, 0.717) is 13.0 Å². The van der Waals surface area contributed by atoms with E-state index in [9.17, 15) is 9.13 Å². The Balaban J connectivity index is 2.93. The molecule has 5 N–H and O–H groups in total. The summed E-state index contributed by atoms with van der Waals surface area (Å²) in [6, 6.07) is 0. The maximum Gasteiger partial charge on any atom is 0.360 e. The molecule has 0 amide bonds. The first kappa shape index (κ1) is 16.2. The van der Waals surface area contributed by atoms with Gasteiger partial charge in [-0.1, -0.05) is 6.92 Å². The summed E-state index contributed by atoms with van der Waals surface area (Å²) < 4.78 is 22.2. The molecule has 0 spiro atoms. The molecule has 0 aliphatic carbocycles. The largest absolute Gasteiger partial charge is 0.360 e. The normalized spacial score (nSPS) is 26.1. The number of nitrogens with zero attached hydrogens (tertiary/aromatic N) is 1. The highest BCUT2D eigenvalue weighted by molar-refractivity contribution is 7.81. The van der Waals surface area contributed by atoms with Crippen LogP contribution >= 0.6 is 27.8 Å². The Kier molecular flexibility index (Phi) is 5.06. The summed E-state index contributed by atoms with van der Waals surface area (Å²) in [4.78, 5) is 39.9. The Labute approximate surface area is 110 Å². The molecule has 1 aliphatic rings. The minimum Gasteiger partial charge on any atom is -0.350 e. The minimum atomic E-state index is -4.98. The third kappa shape index (κ3) is 4.35. The van der Waals surface area contributed by atoms with E-state index >= 15 is 0 Å². The SMILES string of the molecule is CC1CC(S)CN=C1NC(P(=O)(O)O)P(=O)(O)O. The predicted molar refractivity (Wildman–Crippen MR) is 69.9 cm³/mol. The van der Waals surface area contributed by atoms with Crippen LogP contribution < -0.4 is 5.32 Å². The zero-order valence-electron chi connectivity index (χ0n) is 9.54. The van der Waals surface area contributed by atoms with Crippen LogP contribution in [0.1, 0.15) is 13.3 Å². The fraction of sp³-hybridized carbons (Fsp3) is 0.857. The van der Waals surface area contributed by atoms with Crippen molar-refractivity contribution in [2.24, 2.45) is 10.9 Å². The topological polar surface area (TPSA) is 139 Å². The van der Waals surface area contributed by atoms with Gasteiger partial charge < -0.3 is 24.9 Å². The van der Waals surface area contributed by atoms with E-state index in [0.717, 1.165) is 0 Å². The summed E-state index contributed by atoms with van der Waals surface area (Å²) in [7, 11) is -9.96. The van der Waals surface area contributed by atoms with Crippen molar-refractivity contribution < 1.29 is 28.7 Å². The molecule has 0 bridgehead atoms.